The Balaban J connectivity index is 1.55. The summed E-state index contributed by atoms with van der Waals surface area (Å²) in [4.78, 5) is 0. The number of hydrogen-bond donors (Lipinski definition) is 2. The third kappa shape index (κ3) is 2.06. The normalized spacial score (nSPS) is 34.3. The van der Waals surface area contributed by atoms with E-state index in [-0.39, 0.29) is 0 Å². The van der Waals surface area contributed by atoms with Gasteiger partial charge >= 0.3 is 0 Å². The zero-order valence-electron chi connectivity index (χ0n) is 8.95. The summed E-state index contributed by atoms with van der Waals surface area (Å²) in [6.45, 7) is 2.33. The van der Waals surface area contributed by atoms with Gasteiger partial charge in [-0.15, -0.1) is 0 Å². The van der Waals surface area contributed by atoms with Crippen molar-refractivity contribution in [1.29, 1.82) is 0 Å². The molecule has 15 heavy (non-hydrogen) atoms. The van der Waals surface area contributed by atoms with E-state index in [2.05, 4.69) is 41.0 Å². The van der Waals surface area contributed by atoms with Crippen molar-refractivity contribution in [3.8, 4) is 0 Å². The molecule has 3 atom stereocenters. The summed E-state index contributed by atoms with van der Waals surface area (Å²) in [5.74, 6) is 0.770. The average Bonchev–Trinajstić information content (AvgIpc) is 2.84. The first-order valence-electron chi connectivity index (χ1n) is 5.95. The molecule has 1 aliphatic carbocycles. The van der Waals surface area contributed by atoms with E-state index in [1.54, 1.807) is 0 Å². The third-order valence-corrected chi connectivity index (χ3v) is 3.53. The van der Waals surface area contributed by atoms with Crippen LogP contribution in [0.3, 0.4) is 0 Å². The highest BCUT2D eigenvalue weighted by molar-refractivity contribution is 5.27. The Morgan fingerprint density at radius 1 is 1.20 bits per heavy atom. The molecule has 0 spiro atoms. The van der Waals surface area contributed by atoms with Crippen LogP contribution in [0.4, 0.5) is 0 Å². The van der Waals surface area contributed by atoms with E-state index in [0.717, 1.165) is 18.5 Å². The largest absolute Gasteiger partial charge is 0.315 e. The van der Waals surface area contributed by atoms with Crippen molar-refractivity contribution in [1.82, 2.24) is 10.6 Å². The van der Waals surface area contributed by atoms with Gasteiger partial charge in [0.15, 0.2) is 0 Å². The van der Waals surface area contributed by atoms with Gasteiger partial charge in [0, 0.05) is 24.5 Å². The fourth-order valence-corrected chi connectivity index (χ4v) is 2.55. The molecule has 1 heterocycles. The Morgan fingerprint density at radius 3 is 2.80 bits per heavy atom. The van der Waals surface area contributed by atoms with Crippen molar-refractivity contribution >= 4 is 0 Å². The van der Waals surface area contributed by atoms with Crippen LogP contribution < -0.4 is 10.6 Å². The third-order valence-electron chi connectivity index (χ3n) is 3.53. The van der Waals surface area contributed by atoms with E-state index in [0.29, 0.717) is 6.04 Å². The van der Waals surface area contributed by atoms with E-state index < -0.39 is 0 Å². The topological polar surface area (TPSA) is 24.1 Å². The van der Waals surface area contributed by atoms with Crippen LogP contribution in [0.25, 0.3) is 0 Å². The minimum Gasteiger partial charge on any atom is -0.315 e. The summed E-state index contributed by atoms with van der Waals surface area (Å²) in [5, 5.41) is 7.14. The molecule has 2 nitrogen and oxygen atoms in total. The lowest BCUT2D eigenvalue weighted by Gasteiger charge is -2.10. The fourth-order valence-electron chi connectivity index (χ4n) is 2.55. The molecule has 0 radical (unpaired) electrons. The predicted molar refractivity (Wildman–Crippen MR) is 62.0 cm³/mol. The average molecular weight is 202 g/mol. The Morgan fingerprint density at radius 2 is 2.07 bits per heavy atom. The van der Waals surface area contributed by atoms with E-state index in [1.165, 1.54) is 24.9 Å². The molecule has 3 rings (SSSR count). The molecule has 0 amide bonds. The smallest absolute Gasteiger partial charge is 0.0207 e. The Bertz CT molecular complexity index is 317. The lowest BCUT2D eigenvalue weighted by Crippen LogP contribution is -2.33. The summed E-state index contributed by atoms with van der Waals surface area (Å²) < 4.78 is 0. The SMILES string of the molecule is c1ccc([C@H]2C[C@@H]2N[C@H]2CCNC2)cc1. The Hall–Kier alpha value is -0.860. The molecule has 0 bridgehead atoms. The highest BCUT2D eigenvalue weighted by Gasteiger charge is 2.39. The van der Waals surface area contributed by atoms with Gasteiger partial charge in [-0.1, -0.05) is 30.3 Å². The molecule has 1 aliphatic heterocycles. The zero-order chi connectivity index (χ0) is 10.1. The summed E-state index contributed by atoms with van der Waals surface area (Å²) in [7, 11) is 0. The minimum atomic E-state index is 0.712. The van der Waals surface area contributed by atoms with E-state index in [9.17, 15) is 0 Å². The van der Waals surface area contributed by atoms with Gasteiger partial charge in [-0.3, -0.25) is 0 Å². The van der Waals surface area contributed by atoms with Crippen LogP contribution in [0.15, 0.2) is 30.3 Å². The van der Waals surface area contributed by atoms with Gasteiger partial charge in [0.2, 0.25) is 0 Å². The maximum atomic E-state index is 3.74. The van der Waals surface area contributed by atoms with Gasteiger partial charge in [0.1, 0.15) is 0 Å². The lowest BCUT2D eigenvalue weighted by atomic mass is 10.1. The molecule has 0 aromatic heterocycles. The molecule has 2 heteroatoms. The van der Waals surface area contributed by atoms with Crippen LogP contribution >= 0.6 is 0 Å². The maximum absolute atomic E-state index is 3.74. The predicted octanol–water partition coefficient (Wildman–Crippen LogP) is 1.49. The van der Waals surface area contributed by atoms with Crippen molar-refractivity contribution < 1.29 is 0 Å². The minimum absolute atomic E-state index is 0.712. The highest BCUT2D eigenvalue weighted by Crippen LogP contribution is 2.40. The molecular weight excluding hydrogens is 184 g/mol. The van der Waals surface area contributed by atoms with Gasteiger partial charge in [0.25, 0.3) is 0 Å². The molecule has 1 aromatic carbocycles. The second-order valence-corrected chi connectivity index (χ2v) is 4.72. The maximum Gasteiger partial charge on any atom is 0.0207 e. The van der Waals surface area contributed by atoms with Crippen LogP contribution in [0.5, 0.6) is 0 Å². The first-order chi connectivity index (χ1) is 7.43. The highest BCUT2D eigenvalue weighted by atomic mass is 15.1. The first-order valence-corrected chi connectivity index (χ1v) is 5.95. The van der Waals surface area contributed by atoms with Gasteiger partial charge < -0.3 is 10.6 Å². The van der Waals surface area contributed by atoms with E-state index in [4.69, 9.17) is 0 Å². The van der Waals surface area contributed by atoms with Crippen molar-refractivity contribution in [2.75, 3.05) is 13.1 Å². The Labute approximate surface area is 91.1 Å². The van der Waals surface area contributed by atoms with Gasteiger partial charge in [-0.05, 0) is 24.9 Å². The van der Waals surface area contributed by atoms with Crippen LogP contribution in [0, 0.1) is 0 Å². The van der Waals surface area contributed by atoms with Crippen LogP contribution in [0.1, 0.15) is 24.3 Å². The van der Waals surface area contributed by atoms with Crippen LogP contribution in [-0.4, -0.2) is 25.2 Å². The fraction of sp³-hybridized carbons (Fsp3) is 0.538. The summed E-state index contributed by atoms with van der Waals surface area (Å²) in [6.07, 6.45) is 2.61. The molecule has 2 N–H and O–H groups in total. The van der Waals surface area contributed by atoms with Gasteiger partial charge in [-0.25, -0.2) is 0 Å². The zero-order valence-corrected chi connectivity index (χ0v) is 8.95. The molecular formula is C13H18N2. The lowest BCUT2D eigenvalue weighted by molar-refractivity contribution is 0.537. The van der Waals surface area contributed by atoms with E-state index >= 15 is 0 Å². The summed E-state index contributed by atoms with van der Waals surface area (Å²) >= 11 is 0. The first kappa shape index (κ1) is 9.37. The number of rotatable bonds is 3. The van der Waals surface area contributed by atoms with Crippen molar-refractivity contribution in [2.45, 2.75) is 30.8 Å². The molecule has 1 saturated heterocycles. The molecule has 1 saturated carbocycles. The number of benzene rings is 1. The molecule has 1 aromatic rings. The van der Waals surface area contributed by atoms with Crippen LogP contribution in [0.2, 0.25) is 0 Å². The van der Waals surface area contributed by atoms with Gasteiger partial charge in [0.05, 0.1) is 0 Å². The number of nitrogens with one attached hydrogen (secondary N) is 2. The molecule has 2 aliphatic rings. The Kier molecular flexibility index (Phi) is 2.47. The van der Waals surface area contributed by atoms with Crippen LogP contribution in [-0.2, 0) is 0 Å². The van der Waals surface area contributed by atoms with Crippen molar-refractivity contribution in [3.05, 3.63) is 35.9 Å². The monoisotopic (exact) mass is 202 g/mol. The molecule has 0 unspecified atom stereocenters. The second kappa shape index (κ2) is 3.95. The molecule has 80 valence electrons. The standard InChI is InChI=1S/C13H18N2/c1-2-4-10(5-3-1)12-8-13(12)15-11-6-7-14-9-11/h1-5,11-15H,6-9H2/t11-,12+,13-/m0/s1. The summed E-state index contributed by atoms with van der Waals surface area (Å²) in [5.41, 5.74) is 1.50. The van der Waals surface area contributed by atoms with Gasteiger partial charge in [-0.2, -0.15) is 0 Å². The molecule has 2 fully saturated rings. The van der Waals surface area contributed by atoms with Crippen molar-refractivity contribution in [2.24, 2.45) is 0 Å². The van der Waals surface area contributed by atoms with Crippen molar-refractivity contribution in [3.63, 3.8) is 0 Å². The quantitative estimate of drug-likeness (QED) is 0.776. The van der Waals surface area contributed by atoms with E-state index in [1.807, 2.05) is 0 Å². The summed E-state index contributed by atoms with van der Waals surface area (Å²) in [6, 6.07) is 12.3. The number of hydrogen-bond acceptors (Lipinski definition) is 2. The second-order valence-electron chi connectivity index (χ2n) is 4.72.